The van der Waals surface area contributed by atoms with Crippen LogP contribution in [0.1, 0.15) is 30.0 Å². The van der Waals surface area contributed by atoms with E-state index in [-0.39, 0.29) is 12.6 Å². The first-order valence-electron chi connectivity index (χ1n) is 10.7. The molecule has 0 aromatic heterocycles. The van der Waals surface area contributed by atoms with Crippen molar-refractivity contribution in [2.75, 3.05) is 24.7 Å². The number of para-hydroxylation sites is 1. The minimum absolute atomic E-state index is 0.122. The van der Waals surface area contributed by atoms with Gasteiger partial charge in [0, 0.05) is 24.8 Å². The summed E-state index contributed by atoms with van der Waals surface area (Å²) in [6.45, 7) is 1.76. The van der Waals surface area contributed by atoms with Crippen LogP contribution in [0.25, 0.3) is 10.8 Å². The van der Waals surface area contributed by atoms with Crippen molar-refractivity contribution in [3.05, 3.63) is 83.1 Å². The number of hydrogen-bond acceptors (Lipinski definition) is 4. The Morgan fingerprint density at radius 2 is 1.63 bits per heavy atom. The number of likely N-dealkylation sites (tertiary alicyclic amines) is 1. The van der Waals surface area contributed by atoms with Gasteiger partial charge in [0.15, 0.2) is 0 Å². The Labute approximate surface area is 176 Å². The average Bonchev–Trinajstić information content (AvgIpc) is 3.28. The molecular weight excluding hydrogens is 374 g/mol. The topological polar surface area (TPSA) is 49.9 Å². The Hall–Kier alpha value is -2.89. The third kappa shape index (κ3) is 2.45. The highest BCUT2D eigenvalue weighted by molar-refractivity contribution is 5.94. The second kappa shape index (κ2) is 6.56. The van der Waals surface area contributed by atoms with E-state index in [1.54, 1.807) is 0 Å². The Balaban J connectivity index is 1.29. The molecule has 2 aliphatic heterocycles. The zero-order valence-corrected chi connectivity index (χ0v) is 16.8. The molecule has 2 saturated heterocycles. The van der Waals surface area contributed by atoms with Crippen LogP contribution in [0.2, 0.25) is 0 Å². The lowest BCUT2D eigenvalue weighted by molar-refractivity contribution is -0.131. The van der Waals surface area contributed by atoms with Gasteiger partial charge in [-0.25, -0.2) is 0 Å². The van der Waals surface area contributed by atoms with Crippen LogP contribution in [-0.2, 0) is 11.2 Å². The fraction of sp³-hybridized carbons (Fsp3) is 0.320. The van der Waals surface area contributed by atoms with Gasteiger partial charge in [0.1, 0.15) is 5.54 Å². The first kappa shape index (κ1) is 17.9. The highest BCUT2D eigenvalue weighted by atomic mass is 16.5. The van der Waals surface area contributed by atoms with Crippen LogP contribution >= 0.6 is 0 Å². The first-order chi connectivity index (χ1) is 14.7. The molecule has 1 aliphatic carbocycles. The predicted molar refractivity (Wildman–Crippen MR) is 118 cm³/mol. The molecule has 2 fully saturated rings. The molecule has 1 unspecified atom stereocenters. The molecule has 0 radical (unpaired) electrons. The van der Waals surface area contributed by atoms with Gasteiger partial charge in [-0.2, -0.15) is 0 Å². The van der Waals surface area contributed by atoms with E-state index >= 15 is 0 Å². The van der Waals surface area contributed by atoms with Gasteiger partial charge in [0.05, 0.1) is 6.67 Å². The molecule has 2 heterocycles. The van der Waals surface area contributed by atoms with E-state index < -0.39 is 5.54 Å². The van der Waals surface area contributed by atoms with Crippen molar-refractivity contribution in [1.29, 1.82) is 0 Å². The molecule has 1 atom stereocenters. The lowest BCUT2D eigenvalue weighted by Crippen LogP contribution is -2.56. The normalized spacial score (nSPS) is 23.1. The van der Waals surface area contributed by atoms with E-state index in [1.807, 2.05) is 35.2 Å². The number of hydrogen-bond donors (Lipinski definition) is 0. The van der Waals surface area contributed by atoms with Crippen LogP contribution in [0.4, 0.5) is 5.69 Å². The third-order valence-electron chi connectivity index (χ3n) is 7.34. The maximum atomic E-state index is 13.0. The molecule has 0 bridgehead atoms. The summed E-state index contributed by atoms with van der Waals surface area (Å²) in [5.74, 6) is -0.275. The first-order valence-corrected chi connectivity index (χ1v) is 10.7. The highest BCUT2D eigenvalue weighted by Crippen LogP contribution is 2.44. The maximum Gasteiger partial charge on any atom is 0.239 e. The summed E-state index contributed by atoms with van der Waals surface area (Å²) in [5, 5.41) is 15.7. The molecule has 0 saturated carbocycles. The van der Waals surface area contributed by atoms with Crippen molar-refractivity contribution in [1.82, 2.24) is 9.96 Å². The van der Waals surface area contributed by atoms with Gasteiger partial charge in [0.25, 0.3) is 0 Å². The van der Waals surface area contributed by atoms with Crippen LogP contribution in [-0.4, -0.2) is 41.2 Å². The standard InChI is InChI=1S/C25H24N3O2/c29-24-25(27(17-28(24)30)20-9-2-1-3-10-20)12-14-26(15-13-25)22-16-19-8-4-6-18-7-5-11-21(22)23(18)19/h1-11,22H,12-17H2/q-1. The summed E-state index contributed by atoms with van der Waals surface area (Å²) in [6.07, 6.45) is 2.39. The van der Waals surface area contributed by atoms with Gasteiger partial charge in [-0.05, 0) is 53.3 Å². The second-order valence-corrected chi connectivity index (χ2v) is 8.74. The summed E-state index contributed by atoms with van der Waals surface area (Å²) in [5.41, 5.74) is 3.07. The monoisotopic (exact) mass is 398 g/mol. The van der Waals surface area contributed by atoms with Gasteiger partial charge >= 0.3 is 0 Å². The number of hydroxylamine groups is 2. The lowest BCUT2D eigenvalue weighted by Gasteiger charge is -2.45. The largest absolute Gasteiger partial charge is 0.755 e. The number of rotatable bonds is 2. The third-order valence-corrected chi connectivity index (χ3v) is 7.34. The zero-order chi connectivity index (χ0) is 20.3. The van der Waals surface area contributed by atoms with Crippen molar-refractivity contribution in [2.45, 2.75) is 30.8 Å². The molecule has 3 aromatic rings. The number of piperidine rings is 1. The quantitative estimate of drug-likeness (QED) is 0.653. The molecule has 1 spiro atoms. The van der Waals surface area contributed by atoms with Crippen molar-refractivity contribution < 1.29 is 4.79 Å². The molecule has 6 rings (SSSR count). The molecule has 3 aromatic carbocycles. The van der Waals surface area contributed by atoms with Crippen LogP contribution in [0, 0.1) is 5.21 Å². The fourth-order valence-corrected chi connectivity index (χ4v) is 5.84. The van der Waals surface area contributed by atoms with E-state index in [1.165, 1.54) is 21.9 Å². The summed E-state index contributed by atoms with van der Waals surface area (Å²) in [4.78, 5) is 17.5. The van der Waals surface area contributed by atoms with Crippen LogP contribution < -0.4 is 4.90 Å². The van der Waals surface area contributed by atoms with E-state index in [2.05, 4.69) is 41.3 Å². The van der Waals surface area contributed by atoms with Gasteiger partial charge in [-0.1, -0.05) is 54.6 Å². The Kier molecular flexibility index (Phi) is 3.92. The van der Waals surface area contributed by atoms with Crippen LogP contribution in [0.15, 0.2) is 66.7 Å². The van der Waals surface area contributed by atoms with Crippen molar-refractivity contribution in [2.24, 2.45) is 0 Å². The molecule has 5 heteroatoms. The van der Waals surface area contributed by atoms with Crippen LogP contribution in [0.5, 0.6) is 0 Å². The Bertz CT molecular complexity index is 1120. The maximum absolute atomic E-state index is 13.0. The average molecular weight is 398 g/mol. The van der Waals surface area contributed by atoms with Crippen LogP contribution in [0.3, 0.4) is 0 Å². The number of benzene rings is 3. The van der Waals surface area contributed by atoms with Crippen molar-refractivity contribution >= 4 is 22.4 Å². The number of anilines is 1. The zero-order valence-electron chi connectivity index (χ0n) is 16.8. The van der Waals surface area contributed by atoms with E-state index in [0.717, 1.165) is 25.2 Å². The summed E-state index contributed by atoms with van der Waals surface area (Å²) < 4.78 is 0. The highest BCUT2D eigenvalue weighted by Gasteiger charge is 2.52. The molecular formula is C25H24N3O2-. The number of carbonyl (C=O) groups is 1. The molecule has 30 heavy (non-hydrogen) atoms. The summed E-state index contributed by atoms with van der Waals surface area (Å²) >= 11 is 0. The fourth-order valence-electron chi connectivity index (χ4n) is 5.84. The van der Waals surface area contributed by atoms with Gasteiger partial charge < -0.3 is 15.2 Å². The minimum Gasteiger partial charge on any atom is -0.755 e. The smallest absolute Gasteiger partial charge is 0.239 e. The Morgan fingerprint density at radius 3 is 2.40 bits per heavy atom. The van der Waals surface area contributed by atoms with Crippen molar-refractivity contribution in [3.63, 3.8) is 0 Å². The summed E-state index contributed by atoms with van der Waals surface area (Å²) in [7, 11) is 0. The molecule has 1 amide bonds. The number of carbonyl (C=O) groups excluding carboxylic acids is 1. The summed E-state index contributed by atoms with van der Waals surface area (Å²) in [6, 6.07) is 23.4. The van der Waals surface area contributed by atoms with Gasteiger partial charge in [0.2, 0.25) is 5.91 Å². The SMILES string of the molecule is O=C1N([O-])CN(c2ccccc2)C12CCN(C1Cc3cccc4cccc1c34)CC2. The van der Waals surface area contributed by atoms with E-state index in [0.29, 0.717) is 23.9 Å². The van der Waals surface area contributed by atoms with E-state index in [9.17, 15) is 10.0 Å². The van der Waals surface area contributed by atoms with Gasteiger partial charge in [-0.3, -0.25) is 9.69 Å². The lowest BCUT2D eigenvalue weighted by atomic mass is 9.84. The second-order valence-electron chi connectivity index (χ2n) is 8.74. The number of nitrogens with zero attached hydrogens (tertiary/aromatic N) is 3. The molecule has 5 nitrogen and oxygen atoms in total. The van der Waals surface area contributed by atoms with E-state index in [4.69, 9.17) is 0 Å². The van der Waals surface area contributed by atoms with Gasteiger partial charge in [-0.15, -0.1) is 0 Å². The number of amides is 1. The Morgan fingerprint density at radius 1 is 0.900 bits per heavy atom. The molecule has 0 N–H and O–H groups in total. The molecule has 3 aliphatic rings. The van der Waals surface area contributed by atoms with Crippen molar-refractivity contribution in [3.8, 4) is 0 Å². The predicted octanol–water partition coefficient (Wildman–Crippen LogP) is 4.08. The molecule has 152 valence electrons. The minimum atomic E-state index is -0.711.